The van der Waals surface area contributed by atoms with Crippen molar-refractivity contribution in [1.29, 1.82) is 0 Å². The van der Waals surface area contributed by atoms with E-state index in [0.29, 0.717) is 15.2 Å². The van der Waals surface area contributed by atoms with E-state index in [1.54, 1.807) is 0 Å². The largest absolute Gasteiger partial charge is 0.182 e. The normalized spacial score (nSPS) is 26.2. The predicted octanol–water partition coefficient (Wildman–Crippen LogP) is 3.76. The molecule has 0 fully saturated rings. The van der Waals surface area contributed by atoms with Crippen LogP contribution < -0.4 is 0 Å². The minimum atomic E-state index is 0.352. The lowest BCUT2D eigenvalue weighted by molar-refractivity contribution is 0.462. The van der Waals surface area contributed by atoms with Crippen LogP contribution in [0.1, 0.15) is 45.1 Å². The zero-order valence-corrected chi connectivity index (χ0v) is 13.2. The third kappa shape index (κ3) is 3.58. The molecule has 2 atom stereocenters. The van der Waals surface area contributed by atoms with Gasteiger partial charge in [0, 0.05) is 20.7 Å². The van der Waals surface area contributed by atoms with Crippen molar-refractivity contribution >= 4 is 35.3 Å². The van der Waals surface area contributed by atoms with Gasteiger partial charge in [0.05, 0.1) is 17.4 Å². The lowest BCUT2D eigenvalue weighted by Crippen LogP contribution is -2.05. The molecule has 1 aliphatic heterocycles. The van der Waals surface area contributed by atoms with Crippen LogP contribution in [0.2, 0.25) is 0 Å². The van der Waals surface area contributed by atoms with E-state index < -0.39 is 0 Å². The second-order valence-electron chi connectivity index (χ2n) is 4.40. The van der Waals surface area contributed by atoms with Gasteiger partial charge in [0.15, 0.2) is 0 Å². The van der Waals surface area contributed by atoms with Gasteiger partial charge >= 0.3 is 0 Å². The molecule has 1 aliphatic rings. The third-order valence-corrected chi connectivity index (χ3v) is 6.60. The summed E-state index contributed by atoms with van der Waals surface area (Å²) in [5, 5.41) is 9.23. The standard InChI is InChI=1S/C11H19N3S3/c1-7(2)14-12-10-5-15-8(3)17-9(4)16-6-11(10)13-14/h7-9H,5-6H2,1-4H3. The summed E-state index contributed by atoms with van der Waals surface area (Å²) >= 11 is 5.98. The van der Waals surface area contributed by atoms with Crippen LogP contribution in [-0.4, -0.2) is 24.2 Å². The van der Waals surface area contributed by atoms with E-state index in [-0.39, 0.29) is 0 Å². The van der Waals surface area contributed by atoms with Crippen molar-refractivity contribution in [2.75, 3.05) is 0 Å². The van der Waals surface area contributed by atoms with Gasteiger partial charge in [-0.3, -0.25) is 0 Å². The maximum Gasteiger partial charge on any atom is 0.0967 e. The van der Waals surface area contributed by atoms with E-state index in [1.807, 2.05) is 40.1 Å². The Hall–Kier alpha value is 0.190. The summed E-state index contributed by atoms with van der Waals surface area (Å²) in [6.45, 7) is 8.82. The Kier molecular flexibility index (Phi) is 4.72. The lowest BCUT2D eigenvalue weighted by Gasteiger charge is -2.13. The van der Waals surface area contributed by atoms with Crippen LogP contribution in [0.25, 0.3) is 0 Å². The van der Waals surface area contributed by atoms with Gasteiger partial charge < -0.3 is 0 Å². The molecule has 6 heteroatoms. The van der Waals surface area contributed by atoms with Gasteiger partial charge in [-0.1, -0.05) is 0 Å². The van der Waals surface area contributed by atoms with Crippen LogP contribution in [0.5, 0.6) is 0 Å². The van der Waals surface area contributed by atoms with Crippen LogP contribution in [0.4, 0.5) is 0 Å². The summed E-state index contributed by atoms with van der Waals surface area (Å²) in [5.74, 6) is 1.98. The van der Waals surface area contributed by atoms with Gasteiger partial charge in [-0.2, -0.15) is 15.0 Å². The van der Waals surface area contributed by atoms with Gasteiger partial charge in [0.2, 0.25) is 0 Å². The molecular weight excluding hydrogens is 270 g/mol. The molecule has 0 N–H and O–H groups in total. The lowest BCUT2D eigenvalue weighted by atomic mass is 10.4. The molecule has 17 heavy (non-hydrogen) atoms. The molecule has 2 unspecified atom stereocenters. The average molecular weight is 289 g/mol. The first-order valence-electron chi connectivity index (χ1n) is 5.89. The number of fused-ring (bicyclic) bond motifs is 1. The zero-order valence-electron chi connectivity index (χ0n) is 10.7. The first-order valence-corrected chi connectivity index (χ1v) is 8.93. The van der Waals surface area contributed by atoms with E-state index in [1.165, 1.54) is 11.4 Å². The molecule has 0 saturated carbocycles. The molecule has 1 aromatic heterocycles. The van der Waals surface area contributed by atoms with Gasteiger partial charge in [0.1, 0.15) is 0 Å². The number of hydrogen-bond acceptors (Lipinski definition) is 5. The summed E-state index contributed by atoms with van der Waals surface area (Å²) in [4.78, 5) is 1.86. The average Bonchev–Trinajstić information content (AvgIpc) is 2.67. The Balaban J connectivity index is 2.20. The fraction of sp³-hybridized carbons (Fsp3) is 0.818. The van der Waals surface area contributed by atoms with Crippen molar-refractivity contribution in [1.82, 2.24) is 15.0 Å². The van der Waals surface area contributed by atoms with Crippen LogP contribution in [-0.2, 0) is 11.5 Å². The fourth-order valence-corrected chi connectivity index (χ4v) is 5.60. The van der Waals surface area contributed by atoms with E-state index in [0.717, 1.165) is 11.5 Å². The molecule has 3 nitrogen and oxygen atoms in total. The summed E-state index contributed by atoms with van der Waals surface area (Å²) in [6, 6.07) is 0.352. The molecule has 2 rings (SSSR count). The number of thioether (sulfide) groups is 3. The quantitative estimate of drug-likeness (QED) is 0.785. The SMILES string of the molecule is CC1SCc2nn(C(C)C)nc2CSC(C)S1. The van der Waals surface area contributed by atoms with Crippen LogP contribution in [0.3, 0.4) is 0 Å². The maximum absolute atomic E-state index is 4.62. The first kappa shape index (κ1) is 13.6. The highest BCUT2D eigenvalue weighted by Gasteiger charge is 2.19. The van der Waals surface area contributed by atoms with Gasteiger partial charge in [0.25, 0.3) is 0 Å². The van der Waals surface area contributed by atoms with Gasteiger partial charge in [-0.05, 0) is 27.7 Å². The minimum Gasteiger partial charge on any atom is -0.182 e. The molecule has 96 valence electrons. The van der Waals surface area contributed by atoms with Crippen LogP contribution in [0.15, 0.2) is 0 Å². The second-order valence-corrected chi connectivity index (χ2v) is 9.34. The summed E-state index contributed by atoms with van der Waals surface area (Å²) < 4.78 is 1.26. The Labute approximate surface area is 116 Å². The number of nitrogens with zero attached hydrogens (tertiary/aromatic N) is 3. The van der Waals surface area contributed by atoms with Gasteiger partial charge in [-0.15, -0.1) is 35.3 Å². The second kappa shape index (κ2) is 5.89. The summed E-state index contributed by atoms with van der Waals surface area (Å²) in [6.07, 6.45) is 0. The molecule has 0 spiro atoms. The molecule has 0 aromatic carbocycles. The van der Waals surface area contributed by atoms with E-state index in [2.05, 4.69) is 37.9 Å². The number of aromatic nitrogens is 3. The predicted molar refractivity (Wildman–Crippen MR) is 79.5 cm³/mol. The Morgan fingerprint density at radius 3 is 1.94 bits per heavy atom. The Bertz CT molecular complexity index is 349. The van der Waals surface area contributed by atoms with Crippen molar-refractivity contribution in [3.8, 4) is 0 Å². The van der Waals surface area contributed by atoms with Crippen molar-refractivity contribution in [2.45, 2.75) is 54.4 Å². The molecule has 0 saturated heterocycles. The van der Waals surface area contributed by atoms with E-state index in [9.17, 15) is 0 Å². The first-order chi connectivity index (χ1) is 8.06. The highest BCUT2D eigenvalue weighted by molar-refractivity contribution is 8.23. The van der Waals surface area contributed by atoms with Crippen molar-refractivity contribution in [2.24, 2.45) is 0 Å². The molecular formula is C11H19N3S3. The number of rotatable bonds is 1. The maximum atomic E-state index is 4.62. The highest BCUT2D eigenvalue weighted by atomic mass is 32.2. The van der Waals surface area contributed by atoms with E-state index >= 15 is 0 Å². The Morgan fingerprint density at radius 2 is 1.53 bits per heavy atom. The van der Waals surface area contributed by atoms with Crippen molar-refractivity contribution in [3.63, 3.8) is 0 Å². The topological polar surface area (TPSA) is 30.7 Å². The Morgan fingerprint density at radius 1 is 1.06 bits per heavy atom. The highest BCUT2D eigenvalue weighted by Crippen LogP contribution is 2.37. The van der Waals surface area contributed by atoms with Crippen molar-refractivity contribution in [3.05, 3.63) is 11.4 Å². The van der Waals surface area contributed by atoms with E-state index in [4.69, 9.17) is 0 Å². The summed E-state index contributed by atoms with van der Waals surface area (Å²) in [7, 11) is 0. The minimum absolute atomic E-state index is 0.352. The summed E-state index contributed by atoms with van der Waals surface area (Å²) in [5.41, 5.74) is 2.36. The fourth-order valence-electron chi connectivity index (χ4n) is 1.58. The van der Waals surface area contributed by atoms with Gasteiger partial charge in [-0.25, -0.2) is 0 Å². The molecule has 0 amide bonds. The van der Waals surface area contributed by atoms with Crippen molar-refractivity contribution < 1.29 is 0 Å². The third-order valence-electron chi connectivity index (χ3n) is 2.53. The molecule has 0 bridgehead atoms. The van der Waals surface area contributed by atoms with Crippen LogP contribution >= 0.6 is 35.3 Å². The zero-order chi connectivity index (χ0) is 12.4. The molecule has 0 aliphatic carbocycles. The molecule has 0 radical (unpaired) electrons. The monoisotopic (exact) mass is 289 g/mol. The van der Waals surface area contributed by atoms with Crippen LogP contribution in [0, 0.1) is 0 Å². The number of hydrogen-bond donors (Lipinski definition) is 0. The molecule has 2 heterocycles. The smallest absolute Gasteiger partial charge is 0.0967 e. The molecule has 1 aromatic rings.